The third kappa shape index (κ3) is 3.55. The zero-order valence-corrected chi connectivity index (χ0v) is 16.8. The predicted octanol–water partition coefficient (Wildman–Crippen LogP) is 6.40. The second-order valence-corrected chi connectivity index (χ2v) is 8.42. The number of likely N-dealkylation sites (tertiary alicyclic amines) is 1. The summed E-state index contributed by atoms with van der Waals surface area (Å²) >= 11 is 6.22. The third-order valence-corrected chi connectivity index (χ3v) is 6.47. The number of aromatic amines is 1. The number of aromatic nitrogens is 1. The average Bonchev–Trinajstić information content (AvgIpc) is 3.15. The van der Waals surface area contributed by atoms with Crippen molar-refractivity contribution in [3.63, 3.8) is 0 Å². The summed E-state index contributed by atoms with van der Waals surface area (Å²) in [6.45, 7) is 3.49. The number of nitrogens with one attached hydrogen (secondary N) is 1. The molecule has 0 aliphatic carbocycles. The Hall–Kier alpha value is -2.29. The first-order valence-corrected chi connectivity index (χ1v) is 10.6. The van der Waals surface area contributed by atoms with Gasteiger partial charge in [-0.25, -0.2) is 0 Å². The summed E-state index contributed by atoms with van der Waals surface area (Å²) in [6.07, 6.45) is 5.75. The highest BCUT2D eigenvalue weighted by Gasteiger charge is 2.22. The maximum absolute atomic E-state index is 6.22. The molecular formula is C25H25ClN2. The largest absolute Gasteiger partial charge is 0.361 e. The molecule has 1 N–H and O–H groups in total. The molecule has 0 radical (unpaired) electrons. The topological polar surface area (TPSA) is 19.0 Å². The lowest BCUT2D eigenvalue weighted by Crippen LogP contribution is -2.34. The summed E-state index contributed by atoms with van der Waals surface area (Å²) in [5.74, 6) is 0.629. The summed E-state index contributed by atoms with van der Waals surface area (Å²) in [4.78, 5) is 6.03. The lowest BCUT2D eigenvalue weighted by atomic mass is 9.89. The van der Waals surface area contributed by atoms with Crippen LogP contribution >= 0.6 is 11.6 Å². The van der Waals surface area contributed by atoms with Crippen LogP contribution in [0.4, 0.5) is 0 Å². The summed E-state index contributed by atoms with van der Waals surface area (Å²) in [6, 6.07) is 21.6. The van der Waals surface area contributed by atoms with E-state index in [4.69, 9.17) is 11.6 Å². The second kappa shape index (κ2) is 7.62. The fraction of sp³-hybridized carbons (Fsp3) is 0.280. The van der Waals surface area contributed by atoms with E-state index in [1.54, 1.807) is 0 Å². The van der Waals surface area contributed by atoms with Crippen LogP contribution < -0.4 is 0 Å². The van der Waals surface area contributed by atoms with Gasteiger partial charge < -0.3 is 9.88 Å². The molecule has 1 aromatic heterocycles. The Bertz CT molecular complexity index is 1110. The summed E-state index contributed by atoms with van der Waals surface area (Å²) in [5.41, 5.74) is 4.07. The van der Waals surface area contributed by atoms with Crippen LogP contribution in [0.25, 0.3) is 21.7 Å². The summed E-state index contributed by atoms with van der Waals surface area (Å²) < 4.78 is 0. The molecule has 3 aromatic carbocycles. The molecule has 1 fully saturated rings. The Morgan fingerprint density at radius 1 is 0.929 bits per heavy atom. The molecule has 142 valence electrons. The fourth-order valence-corrected chi connectivity index (χ4v) is 4.77. The number of hydrogen-bond acceptors (Lipinski definition) is 1. The van der Waals surface area contributed by atoms with E-state index in [0.29, 0.717) is 5.92 Å². The van der Waals surface area contributed by atoms with Crippen molar-refractivity contribution in [1.29, 1.82) is 0 Å². The van der Waals surface area contributed by atoms with E-state index in [0.717, 1.165) is 18.0 Å². The molecular weight excluding hydrogens is 364 g/mol. The molecule has 0 spiro atoms. The SMILES string of the molecule is Clc1ccc2[nH]cc(C3CCN(CCc4ccc5ccccc5c4)CC3)c2c1. The number of halogens is 1. The molecule has 1 aliphatic heterocycles. The standard InChI is InChI=1S/C25H25ClN2/c26-22-7-8-25-23(16-22)24(17-27-25)20-10-13-28(14-11-20)12-9-18-5-6-19-3-1-2-4-21(19)15-18/h1-8,15-17,20,27H,9-14H2. The van der Waals surface area contributed by atoms with Crippen LogP contribution in [0.2, 0.25) is 5.02 Å². The molecule has 4 aromatic rings. The van der Waals surface area contributed by atoms with Crippen molar-refractivity contribution in [2.24, 2.45) is 0 Å². The predicted molar refractivity (Wildman–Crippen MR) is 119 cm³/mol. The number of piperidine rings is 1. The Morgan fingerprint density at radius 2 is 1.75 bits per heavy atom. The van der Waals surface area contributed by atoms with Crippen LogP contribution in [0.5, 0.6) is 0 Å². The zero-order valence-electron chi connectivity index (χ0n) is 16.0. The highest BCUT2D eigenvalue weighted by atomic mass is 35.5. The van der Waals surface area contributed by atoms with Gasteiger partial charge in [0.25, 0.3) is 0 Å². The number of hydrogen-bond donors (Lipinski definition) is 1. The van der Waals surface area contributed by atoms with Crippen molar-refractivity contribution in [1.82, 2.24) is 9.88 Å². The van der Waals surface area contributed by atoms with Gasteiger partial charge in [-0.1, -0.05) is 54.1 Å². The van der Waals surface area contributed by atoms with Gasteiger partial charge in [0.1, 0.15) is 0 Å². The van der Waals surface area contributed by atoms with E-state index >= 15 is 0 Å². The number of benzene rings is 3. The molecule has 1 saturated heterocycles. The van der Waals surface area contributed by atoms with Crippen LogP contribution in [0.15, 0.2) is 66.9 Å². The Labute approximate surface area is 171 Å². The number of H-pyrrole nitrogens is 1. The molecule has 28 heavy (non-hydrogen) atoms. The van der Waals surface area contributed by atoms with Gasteiger partial charge in [-0.05, 0) is 78.4 Å². The smallest absolute Gasteiger partial charge is 0.0457 e. The monoisotopic (exact) mass is 388 g/mol. The molecule has 3 heteroatoms. The van der Waals surface area contributed by atoms with Crippen molar-refractivity contribution in [2.75, 3.05) is 19.6 Å². The van der Waals surface area contributed by atoms with Gasteiger partial charge >= 0.3 is 0 Å². The van der Waals surface area contributed by atoms with Crippen LogP contribution in [0.3, 0.4) is 0 Å². The summed E-state index contributed by atoms with van der Waals surface area (Å²) in [5, 5.41) is 4.78. The maximum Gasteiger partial charge on any atom is 0.0457 e. The van der Waals surface area contributed by atoms with Gasteiger partial charge in [0, 0.05) is 28.7 Å². The third-order valence-electron chi connectivity index (χ3n) is 6.23. The summed E-state index contributed by atoms with van der Waals surface area (Å²) in [7, 11) is 0. The highest BCUT2D eigenvalue weighted by molar-refractivity contribution is 6.31. The first-order valence-electron chi connectivity index (χ1n) is 10.2. The van der Waals surface area contributed by atoms with Crippen molar-refractivity contribution in [2.45, 2.75) is 25.2 Å². The van der Waals surface area contributed by atoms with Crippen molar-refractivity contribution >= 4 is 33.3 Å². The highest BCUT2D eigenvalue weighted by Crippen LogP contribution is 2.34. The van der Waals surface area contributed by atoms with Crippen LogP contribution in [-0.2, 0) is 6.42 Å². The van der Waals surface area contributed by atoms with E-state index in [1.807, 2.05) is 6.07 Å². The Morgan fingerprint density at radius 3 is 2.61 bits per heavy atom. The maximum atomic E-state index is 6.22. The molecule has 0 amide bonds. The molecule has 0 atom stereocenters. The molecule has 0 bridgehead atoms. The van der Waals surface area contributed by atoms with Gasteiger partial charge in [0.15, 0.2) is 0 Å². The molecule has 0 unspecified atom stereocenters. The number of fused-ring (bicyclic) bond motifs is 2. The van der Waals surface area contributed by atoms with E-state index in [9.17, 15) is 0 Å². The van der Waals surface area contributed by atoms with Gasteiger partial charge in [-0.3, -0.25) is 0 Å². The van der Waals surface area contributed by atoms with E-state index in [1.165, 1.54) is 58.7 Å². The minimum absolute atomic E-state index is 0.629. The van der Waals surface area contributed by atoms with Gasteiger partial charge in [0.2, 0.25) is 0 Å². The number of rotatable bonds is 4. The molecule has 2 heterocycles. The van der Waals surface area contributed by atoms with Crippen molar-refractivity contribution in [3.8, 4) is 0 Å². The quantitative estimate of drug-likeness (QED) is 0.428. The lowest BCUT2D eigenvalue weighted by Gasteiger charge is -2.32. The van der Waals surface area contributed by atoms with E-state index in [2.05, 4.69) is 70.7 Å². The Kier molecular flexibility index (Phi) is 4.84. The van der Waals surface area contributed by atoms with Gasteiger partial charge in [-0.15, -0.1) is 0 Å². The molecule has 2 nitrogen and oxygen atoms in total. The van der Waals surface area contributed by atoms with E-state index < -0.39 is 0 Å². The fourth-order valence-electron chi connectivity index (χ4n) is 4.60. The van der Waals surface area contributed by atoms with Crippen LogP contribution in [-0.4, -0.2) is 29.5 Å². The van der Waals surface area contributed by atoms with Crippen LogP contribution in [0.1, 0.15) is 29.9 Å². The minimum atomic E-state index is 0.629. The molecule has 0 saturated carbocycles. The first kappa shape index (κ1) is 17.8. The second-order valence-electron chi connectivity index (χ2n) is 7.98. The lowest BCUT2D eigenvalue weighted by molar-refractivity contribution is 0.215. The molecule has 5 rings (SSSR count). The van der Waals surface area contributed by atoms with E-state index in [-0.39, 0.29) is 0 Å². The molecule has 1 aliphatic rings. The van der Waals surface area contributed by atoms with Crippen molar-refractivity contribution < 1.29 is 0 Å². The van der Waals surface area contributed by atoms with Gasteiger partial charge in [-0.2, -0.15) is 0 Å². The van der Waals surface area contributed by atoms with Crippen LogP contribution in [0, 0.1) is 0 Å². The normalized spacial score (nSPS) is 16.2. The average molecular weight is 389 g/mol. The first-order chi connectivity index (χ1) is 13.8. The van der Waals surface area contributed by atoms with Gasteiger partial charge in [0.05, 0.1) is 0 Å². The van der Waals surface area contributed by atoms with Crippen molar-refractivity contribution in [3.05, 3.63) is 83.0 Å². The zero-order chi connectivity index (χ0) is 18.9. The minimum Gasteiger partial charge on any atom is -0.361 e. The Balaban J connectivity index is 1.21. The number of nitrogens with zero attached hydrogens (tertiary/aromatic N) is 1.